The molecule has 1 fully saturated rings. The molecule has 8 nitrogen and oxygen atoms in total. The van der Waals surface area contributed by atoms with Crippen molar-refractivity contribution >= 4 is 11.8 Å². The van der Waals surface area contributed by atoms with Gasteiger partial charge in [-0.3, -0.25) is 14.3 Å². The zero-order chi connectivity index (χ0) is 33.4. The fraction of sp³-hybridized carbons (Fsp3) is 0.485. The van der Waals surface area contributed by atoms with Crippen LogP contribution >= 0.6 is 0 Å². The first-order chi connectivity index (χ1) is 21.9. The minimum absolute atomic E-state index is 0.0157. The lowest BCUT2D eigenvalue weighted by molar-refractivity contribution is -0.137. The van der Waals surface area contributed by atoms with Gasteiger partial charge in [0.05, 0.1) is 17.7 Å². The number of rotatable bonds is 13. The van der Waals surface area contributed by atoms with Crippen LogP contribution in [-0.2, 0) is 25.7 Å². The van der Waals surface area contributed by atoms with Gasteiger partial charge in [0.15, 0.2) is 5.69 Å². The predicted molar refractivity (Wildman–Crippen MR) is 162 cm³/mol. The van der Waals surface area contributed by atoms with Crippen molar-refractivity contribution in [1.82, 2.24) is 25.3 Å². The Morgan fingerprint density at radius 3 is 2.46 bits per heavy atom. The number of amides is 2. The maximum atomic E-state index is 14.0. The van der Waals surface area contributed by atoms with E-state index in [1.165, 1.54) is 22.9 Å². The Morgan fingerprint density at radius 1 is 1.04 bits per heavy atom. The molecule has 1 saturated heterocycles. The summed E-state index contributed by atoms with van der Waals surface area (Å²) in [5.74, 6) is -2.58. The van der Waals surface area contributed by atoms with Gasteiger partial charge in [0, 0.05) is 44.4 Å². The largest absolute Gasteiger partial charge is 0.416 e. The quantitative estimate of drug-likeness (QED) is 0.213. The molecule has 46 heavy (non-hydrogen) atoms. The highest BCUT2D eigenvalue weighted by Crippen LogP contribution is 2.29. The van der Waals surface area contributed by atoms with Crippen LogP contribution in [-0.4, -0.2) is 62.9 Å². The average Bonchev–Trinajstić information content (AvgIpc) is 3.45. The Bertz CT molecular complexity index is 1470. The SMILES string of the molecule is CCCC1CCCCN1C(=O)c1cc(C(=O)N[C@@H](Cc2cc(F)cc(F)c2)[C@H](O)CNCc2cccc(C(F)(F)F)c2)nn1CC. The van der Waals surface area contributed by atoms with Gasteiger partial charge in [0.1, 0.15) is 17.3 Å². The van der Waals surface area contributed by atoms with Crippen molar-refractivity contribution in [1.29, 1.82) is 0 Å². The van der Waals surface area contributed by atoms with Crippen LogP contribution in [0.2, 0.25) is 0 Å². The summed E-state index contributed by atoms with van der Waals surface area (Å²) in [6.45, 7) is 4.63. The van der Waals surface area contributed by atoms with Gasteiger partial charge in [-0.15, -0.1) is 0 Å². The topological polar surface area (TPSA) is 99.5 Å². The summed E-state index contributed by atoms with van der Waals surface area (Å²) in [4.78, 5) is 28.9. The molecular formula is C33H40F5N5O3. The van der Waals surface area contributed by atoms with Crippen LogP contribution < -0.4 is 10.6 Å². The molecular weight excluding hydrogens is 609 g/mol. The Kier molecular flexibility index (Phi) is 11.9. The van der Waals surface area contributed by atoms with Crippen molar-refractivity contribution in [2.45, 2.75) is 89.8 Å². The summed E-state index contributed by atoms with van der Waals surface area (Å²) < 4.78 is 68.7. The number of hydrogen-bond donors (Lipinski definition) is 3. The average molecular weight is 650 g/mol. The number of benzene rings is 2. The molecule has 2 heterocycles. The van der Waals surface area contributed by atoms with E-state index in [2.05, 4.69) is 22.7 Å². The van der Waals surface area contributed by atoms with E-state index in [1.54, 1.807) is 6.92 Å². The highest BCUT2D eigenvalue weighted by Gasteiger charge is 2.32. The van der Waals surface area contributed by atoms with Crippen LogP contribution in [0.4, 0.5) is 22.0 Å². The van der Waals surface area contributed by atoms with Crippen LogP contribution in [0.3, 0.4) is 0 Å². The second-order valence-corrected chi connectivity index (χ2v) is 11.6. The number of aliphatic hydroxyl groups is 1. The monoisotopic (exact) mass is 649 g/mol. The van der Waals surface area contributed by atoms with Crippen molar-refractivity contribution in [3.8, 4) is 0 Å². The molecule has 3 atom stereocenters. The van der Waals surface area contributed by atoms with Gasteiger partial charge in [-0.05, 0) is 68.4 Å². The van der Waals surface area contributed by atoms with E-state index in [1.807, 2.05) is 4.90 Å². The fourth-order valence-corrected chi connectivity index (χ4v) is 5.86. The summed E-state index contributed by atoms with van der Waals surface area (Å²) in [6.07, 6.45) is -1.34. The summed E-state index contributed by atoms with van der Waals surface area (Å²) >= 11 is 0. The molecule has 1 aliphatic rings. The lowest BCUT2D eigenvalue weighted by atomic mass is 9.98. The third-order valence-electron chi connectivity index (χ3n) is 8.14. The minimum Gasteiger partial charge on any atom is -0.390 e. The van der Waals surface area contributed by atoms with E-state index in [9.17, 15) is 36.6 Å². The van der Waals surface area contributed by atoms with Crippen LogP contribution in [0, 0.1) is 11.6 Å². The Morgan fingerprint density at radius 2 is 1.78 bits per heavy atom. The number of piperidine rings is 1. The van der Waals surface area contributed by atoms with Gasteiger partial charge in [-0.25, -0.2) is 8.78 Å². The first-order valence-electron chi connectivity index (χ1n) is 15.6. The third kappa shape index (κ3) is 9.12. The first kappa shape index (κ1) is 35.0. The van der Waals surface area contributed by atoms with E-state index < -0.39 is 41.4 Å². The van der Waals surface area contributed by atoms with Crippen molar-refractivity contribution < 1.29 is 36.6 Å². The molecule has 1 unspecified atom stereocenters. The molecule has 1 aliphatic heterocycles. The number of carbonyl (C=O) groups excluding carboxylic acids is 2. The lowest BCUT2D eigenvalue weighted by Gasteiger charge is -2.35. The lowest BCUT2D eigenvalue weighted by Crippen LogP contribution is -2.48. The molecule has 0 spiro atoms. The number of halogens is 5. The number of likely N-dealkylation sites (tertiary alicyclic amines) is 1. The van der Waals surface area contributed by atoms with Gasteiger partial charge in [0.2, 0.25) is 0 Å². The molecule has 0 saturated carbocycles. The van der Waals surface area contributed by atoms with Crippen LogP contribution in [0.25, 0.3) is 0 Å². The second kappa shape index (κ2) is 15.6. The molecule has 250 valence electrons. The smallest absolute Gasteiger partial charge is 0.390 e. The molecule has 2 amide bonds. The second-order valence-electron chi connectivity index (χ2n) is 11.6. The summed E-state index contributed by atoms with van der Waals surface area (Å²) in [6, 6.07) is 8.04. The van der Waals surface area contributed by atoms with E-state index in [4.69, 9.17) is 0 Å². The number of alkyl halides is 3. The zero-order valence-electron chi connectivity index (χ0n) is 25.9. The van der Waals surface area contributed by atoms with Gasteiger partial charge in [-0.2, -0.15) is 18.3 Å². The number of aryl methyl sites for hydroxylation is 1. The predicted octanol–water partition coefficient (Wildman–Crippen LogP) is 5.49. The zero-order valence-corrected chi connectivity index (χ0v) is 25.9. The number of nitrogens with zero attached hydrogens (tertiary/aromatic N) is 3. The van der Waals surface area contributed by atoms with E-state index in [-0.39, 0.29) is 48.4 Å². The molecule has 1 aromatic heterocycles. The van der Waals surface area contributed by atoms with Gasteiger partial charge < -0.3 is 20.6 Å². The van der Waals surface area contributed by atoms with E-state index in [0.717, 1.165) is 56.4 Å². The van der Waals surface area contributed by atoms with Gasteiger partial charge in [0.25, 0.3) is 11.8 Å². The molecule has 13 heteroatoms. The van der Waals surface area contributed by atoms with Crippen LogP contribution in [0.5, 0.6) is 0 Å². The Hall–Kier alpha value is -3.84. The van der Waals surface area contributed by atoms with E-state index >= 15 is 0 Å². The summed E-state index contributed by atoms with van der Waals surface area (Å²) in [7, 11) is 0. The Balaban J connectivity index is 1.51. The highest BCUT2D eigenvalue weighted by atomic mass is 19.4. The summed E-state index contributed by atoms with van der Waals surface area (Å²) in [5, 5.41) is 21.0. The standard InChI is InChI=1S/C33H40F5N5O3/c1-3-8-26-11-5-6-12-42(26)32(46)29-18-28(41-43(29)4-2)31(45)40-27(16-22-14-24(34)17-25(35)15-22)30(44)20-39-19-21-9-7-10-23(13-21)33(36,37)38/h7,9-10,13-15,17-18,26-27,30,39,44H,3-6,8,11-12,16,19-20H2,1-2H3,(H,40,45)/t26?,27-,30+/m0/s1. The maximum absolute atomic E-state index is 14.0. The Labute approximate surface area is 265 Å². The molecule has 0 bridgehead atoms. The van der Waals surface area contributed by atoms with Gasteiger partial charge in [-0.1, -0.05) is 31.5 Å². The molecule has 4 rings (SSSR count). The normalized spacial score (nSPS) is 16.7. The molecule has 3 N–H and O–H groups in total. The van der Waals surface area contributed by atoms with Crippen molar-refractivity contribution in [2.24, 2.45) is 0 Å². The number of nitrogens with one attached hydrogen (secondary N) is 2. The van der Waals surface area contributed by atoms with Crippen molar-refractivity contribution in [3.63, 3.8) is 0 Å². The highest BCUT2D eigenvalue weighted by molar-refractivity contribution is 5.98. The fourth-order valence-electron chi connectivity index (χ4n) is 5.86. The number of hydrogen-bond acceptors (Lipinski definition) is 5. The third-order valence-corrected chi connectivity index (χ3v) is 8.14. The number of aromatic nitrogens is 2. The van der Waals surface area contributed by atoms with Crippen molar-refractivity contribution in [2.75, 3.05) is 13.1 Å². The maximum Gasteiger partial charge on any atom is 0.416 e. The first-order valence-corrected chi connectivity index (χ1v) is 15.6. The van der Waals surface area contributed by atoms with Crippen molar-refractivity contribution in [3.05, 3.63) is 88.2 Å². The van der Waals surface area contributed by atoms with Crippen LogP contribution in [0.15, 0.2) is 48.5 Å². The molecule has 2 aromatic carbocycles. The van der Waals surface area contributed by atoms with Crippen LogP contribution in [0.1, 0.15) is 83.6 Å². The number of carbonyl (C=O) groups is 2. The number of aliphatic hydroxyl groups excluding tert-OH is 1. The minimum atomic E-state index is -4.51. The van der Waals surface area contributed by atoms with Gasteiger partial charge >= 0.3 is 6.18 Å². The molecule has 0 aliphatic carbocycles. The molecule has 0 radical (unpaired) electrons. The van der Waals surface area contributed by atoms with E-state index in [0.29, 0.717) is 24.7 Å². The summed E-state index contributed by atoms with van der Waals surface area (Å²) in [5.41, 5.74) is -0.110. The molecule has 3 aromatic rings.